The number of hydrogen-bond donors (Lipinski definition) is 2. The predicted octanol–water partition coefficient (Wildman–Crippen LogP) is 3.45. The molecule has 27 heavy (non-hydrogen) atoms. The third kappa shape index (κ3) is 4.67. The Hall–Kier alpha value is -2.38. The van der Waals surface area contributed by atoms with Gasteiger partial charge in [-0.3, -0.25) is 0 Å². The van der Waals surface area contributed by atoms with Crippen LogP contribution in [0.25, 0.3) is 0 Å². The van der Waals surface area contributed by atoms with E-state index in [1.165, 1.54) is 0 Å². The maximum Gasteiger partial charge on any atom is 0.323 e. The SMILES string of the molecule is Cc1ccc(NC(=O)Nc2c(C)nc(N3CCN(C)CC3)nc2C)cc1Cl. The lowest BCUT2D eigenvalue weighted by molar-refractivity contribution is 0.262. The zero-order chi connectivity index (χ0) is 19.6. The van der Waals surface area contributed by atoms with Crippen LogP contribution in [0.4, 0.5) is 22.1 Å². The van der Waals surface area contributed by atoms with E-state index in [9.17, 15) is 4.79 Å². The van der Waals surface area contributed by atoms with Gasteiger partial charge in [0.15, 0.2) is 0 Å². The molecule has 2 heterocycles. The zero-order valence-electron chi connectivity index (χ0n) is 16.1. The van der Waals surface area contributed by atoms with Gasteiger partial charge in [0.05, 0.1) is 17.1 Å². The molecule has 7 nitrogen and oxygen atoms in total. The fourth-order valence-corrected chi connectivity index (χ4v) is 3.15. The Kier molecular flexibility index (Phi) is 5.82. The van der Waals surface area contributed by atoms with Gasteiger partial charge in [-0.1, -0.05) is 17.7 Å². The van der Waals surface area contributed by atoms with Gasteiger partial charge in [0.25, 0.3) is 0 Å². The molecule has 1 aliphatic heterocycles. The molecule has 3 rings (SSSR count). The summed E-state index contributed by atoms with van der Waals surface area (Å²) in [5.74, 6) is 0.717. The lowest BCUT2D eigenvalue weighted by Gasteiger charge is -2.32. The van der Waals surface area contributed by atoms with Gasteiger partial charge in [0.1, 0.15) is 0 Å². The van der Waals surface area contributed by atoms with E-state index in [2.05, 4.69) is 37.4 Å². The van der Waals surface area contributed by atoms with E-state index in [0.29, 0.717) is 16.4 Å². The van der Waals surface area contributed by atoms with Gasteiger partial charge < -0.3 is 20.4 Å². The lowest BCUT2D eigenvalue weighted by Crippen LogP contribution is -2.45. The number of benzene rings is 1. The largest absolute Gasteiger partial charge is 0.338 e. The van der Waals surface area contributed by atoms with E-state index in [1.54, 1.807) is 6.07 Å². The van der Waals surface area contributed by atoms with Crippen LogP contribution in [0.1, 0.15) is 17.0 Å². The summed E-state index contributed by atoms with van der Waals surface area (Å²) in [6.45, 7) is 9.46. The highest BCUT2D eigenvalue weighted by atomic mass is 35.5. The van der Waals surface area contributed by atoms with Crippen LogP contribution in [0.15, 0.2) is 18.2 Å². The van der Waals surface area contributed by atoms with Gasteiger partial charge in [0, 0.05) is 36.9 Å². The third-order valence-electron chi connectivity index (χ3n) is 4.71. The quantitative estimate of drug-likeness (QED) is 0.842. The van der Waals surface area contributed by atoms with Crippen molar-refractivity contribution >= 4 is 35.0 Å². The van der Waals surface area contributed by atoms with Gasteiger partial charge >= 0.3 is 6.03 Å². The first-order chi connectivity index (χ1) is 12.8. The summed E-state index contributed by atoms with van der Waals surface area (Å²) in [7, 11) is 2.11. The van der Waals surface area contributed by atoms with E-state index in [0.717, 1.165) is 49.1 Å². The molecule has 0 spiro atoms. The Balaban J connectivity index is 1.71. The molecule has 2 amide bonds. The molecule has 144 valence electrons. The van der Waals surface area contributed by atoms with Crippen LogP contribution in [0, 0.1) is 20.8 Å². The van der Waals surface area contributed by atoms with Gasteiger partial charge in [0.2, 0.25) is 5.95 Å². The minimum absolute atomic E-state index is 0.350. The average Bonchev–Trinajstić information content (AvgIpc) is 2.62. The standard InChI is InChI=1S/C19H25ClN6O/c1-12-5-6-15(11-16(12)20)23-19(27)24-17-13(2)21-18(22-14(17)3)26-9-7-25(4)8-10-26/h5-6,11H,7-10H2,1-4H3,(H2,23,24,27). The first-order valence-electron chi connectivity index (χ1n) is 8.96. The van der Waals surface area contributed by atoms with Gasteiger partial charge in [-0.2, -0.15) is 0 Å². The molecule has 1 aliphatic rings. The molecule has 0 atom stereocenters. The molecule has 2 N–H and O–H groups in total. The summed E-state index contributed by atoms with van der Waals surface area (Å²) in [6, 6.07) is 5.05. The average molecular weight is 389 g/mol. The summed E-state index contributed by atoms with van der Waals surface area (Å²) in [4.78, 5) is 26.0. The molecule has 0 unspecified atom stereocenters. The number of amides is 2. The fraction of sp³-hybridized carbons (Fsp3) is 0.421. The number of aromatic nitrogens is 2. The smallest absolute Gasteiger partial charge is 0.323 e. The highest BCUT2D eigenvalue weighted by Gasteiger charge is 2.19. The summed E-state index contributed by atoms with van der Waals surface area (Å²) in [6.07, 6.45) is 0. The second-order valence-corrected chi connectivity index (χ2v) is 7.31. The first kappa shape index (κ1) is 19.4. The second kappa shape index (κ2) is 8.10. The van der Waals surface area contributed by atoms with E-state index in [-0.39, 0.29) is 6.03 Å². The number of carbonyl (C=O) groups excluding carboxylic acids is 1. The summed E-state index contributed by atoms with van der Waals surface area (Å²) < 4.78 is 0. The number of piperazine rings is 1. The van der Waals surface area contributed by atoms with Crippen LogP contribution in [0.2, 0.25) is 5.02 Å². The van der Waals surface area contributed by atoms with Gasteiger partial charge in [-0.25, -0.2) is 14.8 Å². The molecule has 0 bridgehead atoms. The predicted molar refractivity (Wildman–Crippen MR) is 110 cm³/mol. The Morgan fingerprint density at radius 2 is 1.67 bits per heavy atom. The maximum absolute atomic E-state index is 12.4. The van der Waals surface area contributed by atoms with Crippen molar-refractivity contribution in [2.45, 2.75) is 20.8 Å². The lowest BCUT2D eigenvalue weighted by atomic mass is 10.2. The van der Waals surface area contributed by atoms with Crippen LogP contribution in [-0.4, -0.2) is 54.1 Å². The number of hydrogen-bond acceptors (Lipinski definition) is 5. The van der Waals surface area contributed by atoms with Crippen molar-refractivity contribution < 1.29 is 4.79 Å². The molecular formula is C19H25ClN6O. The molecular weight excluding hydrogens is 364 g/mol. The summed E-state index contributed by atoms with van der Waals surface area (Å²) in [5.41, 5.74) is 3.71. The van der Waals surface area contributed by atoms with E-state index < -0.39 is 0 Å². The summed E-state index contributed by atoms with van der Waals surface area (Å²) in [5, 5.41) is 6.25. The van der Waals surface area contributed by atoms with E-state index >= 15 is 0 Å². The number of carbonyl (C=O) groups is 1. The van der Waals surface area contributed by atoms with Crippen molar-refractivity contribution in [2.24, 2.45) is 0 Å². The first-order valence-corrected chi connectivity index (χ1v) is 9.34. The van der Waals surface area contributed by atoms with Crippen molar-refractivity contribution in [1.29, 1.82) is 0 Å². The van der Waals surface area contributed by atoms with Crippen LogP contribution in [0.3, 0.4) is 0 Å². The van der Waals surface area contributed by atoms with E-state index in [4.69, 9.17) is 11.6 Å². The number of nitrogens with zero attached hydrogens (tertiary/aromatic N) is 4. The van der Waals surface area contributed by atoms with Crippen molar-refractivity contribution in [1.82, 2.24) is 14.9 Å². The molecule has 2 aromatic rings. The van der Waals surface area contributed by atoms with E-state index in [1.807, 2.05) is 32.9 Å². The summed E-state index contributed by atoms with van der Waals surface area (Å²) >= 11 is 6.11. The van der Waals surface area contributed by atoms with Crippen molar-refractivity contribution in [2.75, 3.05) is 48.8 Å². The maximum atomic E-state index is 12.4. The number of nitrogens with one attached hydrogen (secondary N) is 2. The highest BCUT2D eigenvalue weighted by molar-refractivity contribution is 6.31. The van der Waals surface area contributed by atoms with Crippen LogP contribution >= 0.6 is 11.6 Å². The van der Waals surface area contributed by atoms with Gasteiger partial charge in [-0.05, 0) is 45.5 Å². The van der Waals surface area contributed by atoms with Crippen LogP contribution < -0.4 is 15.5 Å². The highest BCUT2D eigenvalue weighted by Crippen LogP contribution is 2.23. The molecule has 8 heteroatoms. The van der Waals surface area contributed by atoms with Crippen molar-refractivity contribution in [3.8, 4) is 0 Å². The normalized spacial score (nSPS) is 14.9. The number of halogens is 1. The molecule has 1 fully saturated rings. The zero-order valence-corrected chi connectivity index (χ0v) is 16.9. The number of likely N-dealkylation sites (N-methyl/N-ethyl adjacent to an activating group) is 1. The number of urea groups is 1. The number of anilines is 3. The number of aryl methyl sites for hydroxylation is 3. The fourth-order valence-electron chi connectivity index (χ4n) is 2.97. The van der Waals surface area contributed by atoms with Gasteiger partial charge in [-0.15, -0.1) is 0 Å². The Morgan fingerprint density at radius 1 is 1.04 bits per heavy atom. The van der Waals surface area contributed by atoms with Crippen molar-refractivity contribution in [3.05, 3.63) is 40.2 Å². The molecule has 1 aromatic carbocycles. The topological polar surface area (TPSA) is 73.4 Å². The molecule has 1 saturated heterocycles. The molecule has 0 aliphatic carbocycles. The minimum Gasteiger partial charge on any atom is -0.338 e. The van der Waals surface area contributed by atoms with Crippen LogP contribution in [-0.2, 0) is 0 Å². The molecule has 0 saturated carbocycles. The Bertz CT molecular complexity index is 825. The Morgan fingerprint density at radius 3 is 2.26 bits per heavy atom. The Labute approximate surface area is 164 Å². The van der Waals surface area contributed by atoms with Crippen LogP contribution in [0.5, 0.6) is 0 Å². The number of rotatable bonds is 3. The van der Waals surface area contributed by atoms with Crippen molar-refractivity contribution in [3.63, 3.8) is 0 Å². The third-order valence-corrected chi connectivity index (χ3v) is 5.12. The molecule has 0 radical (unpaired) electrons. The monoisotopic (exact) mass is 388 g/mol. The second-order valence-electron chi connectivity index (χ2n) is 6.90. The molecule has 1 aromatic heterocycles. The minimum atomic E-state index is -0.350.